The molecule has 1 atom stereocenters. The highest BCUT2D eigenvalue weighted by molar-refractivity contribution is 5.82. The van der Waals surface area contributed by atoms with E-state index in [9.17, 15) is 22.8 Å². The van der Waals surface area contributed by atoms with Gasteiger partial charge in [0.25, 0.3) is 0 Å². The molecule has 0 bridgehead atoms. The zero-order valence-corrected chi connectivity index (χ0v) is 16.1. The molecule has 0 N–H and O–H groups in total. The molecule has 0 radical (unpaired) electrons. The van der Waals surface area contributed by atoms with Gasteiger partial charge in [-0.25, -0.2) is 0 Å². The van der Waals surface area contributed by atoms with Crippen molar-refractivity contribution in [3.05, 3.63) is 35.4 Å². The average molecular weight is 407 g/mol. The van der Waals surface area contributed by atoms with Crippen LogP contribution in [0, 0.1) is 16.7 Å². The van der Waals surface area contributed by atoms with E-state index in [-0.39, 0.29) is 34.5 Å². The van der Waals surface area contributed by atoms with E-state index in [1.807, 2.05) is 4.90 Å². The van der Waals surface area contributed by atoms with Crippen LogP contribution >= 0.6 is 0 Å². The van der Waals surface area contributed by atoms with Crippen LogP contribution in [0.25, 0.3) is 0 Å². The van der Waals surface area contributed by atoms with Crippen LogP contribution in [0.3, 0.4) is 0 Å². The van der Waals surface area contributed by atoms with Gasteiger partial charge >= 0.3 is 12.1 Å². The molecule has 29 heavy (non-hydrogen) atoms. The van der Waals surface area contributed by atoms with Crippen molar-refractivity contribution in [1.82, 2.24) is 4.90 Å². The fraction of sp³-hybridized carbons (Fsp3) is 0.636. The first-order chi connectivity index (χ1) is 13.7. The molecule has 2 heterocycles. The van der Waals surface area contributed by atoms with Crippen molar-refractivity contribution in [2.75, 3.05) is 19.7 Å². The smallest absolute Gasteiger partial charge is 0.416 e. The first kappa shape index (κ1) is 18.9. The van der Waals surface area contributed by atoms with Crippen LogP contribution in [-0.4, -0.2) is 36.5 Å². The van der Waals surface area contributed by atoms with Gasteiger partial charge in [0, 0.05) is 29.8 Å². The summed E-state index contributed by atoms with van der Waals surface area (Å²) in [6.45, 7) is 1.96. The van der Waals surface area contributed by atoms with Gasteiger partial charge < -0.3 is 9.64 Å². The van der Waals surface area contributed by atoms with Gasteiger partial charge in [0.1, 0.15) is 0 Å². The Morgan fingerprint density at radius 2 is 1.76 bits per heavy atom. The van der Waals surface area contributed by atoms with Gasteiger partial charge in [0.2, 0.25) is 5.91 Å². The highest BCUT2D eigenvalue weighted by atomic mass is 19.4. The highest BCUT2D eigenvalue weighted by Gasteiger charge is 2.56. The monoisotopic (exact) mass is 407 g/mol. The number of esters is 1. The van der Waals surface area contributed by atoms with Crippen LogP contribution in [0.1, 0.15) is 55.6 Å². The van der Waals surface area contributed by atoms with Gasteiger partial charge in [-0.05, 0) is 55.7 Å². The number of cyclic esters (lactones) is 1. The Labute approximate surface area is 167 Å². The lowest BCUT2D eigenvalue weighted by Gasteiger charge is -2.52. The molecule has 4 fully saturated rings. The lowest BCUT2D eigenvalue weighted by atomic mass is 9.60. The van der Waals surface area contributed by atoms with E-state index in [0.717, 1.165) is 50.8 Å². The largest absolute Gasteiger partial charge is 0.465 e. The normalized spacial score (nSPS) is 32.9. The summed E-state index contributed by atoms with van der Waals surface area (Å²) in [5.74, 6) is 0.315. The van der Waals surface area contributed by atoms with Crippen LogP contribution in [0.5, 0.6) is 0 Å². The number of alkyl halides is 3. The summed E-state index contributed by atoms with van der Waals surface area (Å²) in [5, 5.41) is 0. The number of ether oxygens (including phenoxy) is 1. The van der Waals surface area contributed by atoms with Crippen molar-refractivity contribution in [3.63, 3.8) is 0 Å². The first-order valence-electron chi connectivity index (χ1n) is 10.3. The summed E-state index contributed by atoms with van der Waals surface area (Å²) >= 11 is 0. The standard InChI is InChI=1S/C22H24F3NO3/c23-22(24,25)17-3-1-14(2-4-17)15-5-6-20(7-15)11-26(12-20)19(28)16-8-21(9-16)10-18(27)29-13-21/h1-4,15-16H,5-13H2. The predicted molar refractivity (Wildman–Crippen MR) is 97.8 cm³/mol. The van der Waals surface area contributed by atoms with E-state index in [0.29, 0.717) is 13.0 Å². The van der Waals surface area contributed by atoms with Gasteiger partial charge in [-0.2, -0.15) is 13.2 Å². The molecule has 7 heteroatoms. The number of nitrogens with zero attached hydrogens (tertiary/aromatic N) is 1. The van der Waals surface area contributed by atoms with Gasteiger partial charge in [-0.3, -0.25) is 9.59 Å². The third-order valence-electron chi connectivity index (χ3n) is 7.54. The fourth-order valence-corrected chi connectivity index (χ4v) is 5.96. The Morgan fingerprint density at radius 1 is 1.07 bits per heavy atom. The van der Waals surface area contributed by atoms with E-state index >= 15 is 0 Å². The molecule has 156 valence electrons. The minimum Gasteiger partial charge on any atom is -0.465 e. The molecule has 4 nitrogen and oxygen atoms in total. The second-order valence-electron chi connectivity index (χ2n) is 9.70. The van der Waals surface area contributed by atoms with Gasteiger partial charge in [-0.15, -0.1) is 0 Å². The van der Waals surface area contributed by atoms with Crippen molar-refractivity contribution in [2.24, 2.45) is 16.7 Å². The molecule has 5 rings (SSSR count). The van der Waals surface area contributed by atoms with Gasteiger partial charge in [0.05, 0.1) is 18.6 Å². The molecular weight excluding hydrogens is 383 g/mol. The van der Waals surface area contributed by atoms with Crippen molar-refractivity contribution >= 4 is 11.9 Å². The van der Waals surface area contributed by atoms with Gasteiger partial charge in [-0.1, -0.05) is 12.1 Å². The fourth-order valence-electron chi connectivity index (χ4n) is 5.96. The summed E-state index contributed by atoms with van der Waals surface area (Å²) in [6.07, 6.45) is 0.528. The minimum atomic E-state index is -4.30. The lowest BCUT2D eigenvalue weighted by Crippen LogP contribution is -2.60. The van der Waals surface area contributed by atoms with Crippen LogP contribution in [0.2, 0.25) is 0 Å². The summed E-state index contributed by atoms with van der Waals surface area (Å²) in [6, 6.07) is 5.54. The molecule has 1 aromatic carbocycles. The van der Waals surface area contributed by atoms with Crippen molar-refractivity contribution in [1.29, 1.82) is 0 Å². The number of likely N-dealkylation sites (tertiary alicyclic amines) is 1. The first-order valence-corrected chi connectivity index (χ1v) is 10.3. The second-order valence-corrected chi connectivity index (χ2v) is 9.70. The zero-order chi connectivity index (χ0) is 20.4. The Morgan fingerprint density at radius 3 is 2.34 bits per heavy atom. The van der Waals surface area contributed by atoms with E-state index in [2.05, 4.69) is 0 Å². The SMILES string of the molecule is O=C1CC2(CO1)CC(C(=O)N1CC3(CCC(c4ccc(C(F)(F)F)cc4)C3)C1)C2. The third kappa shape index (κ3) is 3.22. The van der Waals surface area contributed by atoms with E-state index in [1.165, 1.54) is 12.1 Å². The summed E-state index contributed by atoms with van der Waals surface area (Å²) in [4.78, 5) is 26.0. The van der Waals surface area contributed by atoms with Crippen LogP contribution in [-0.2, 0) is 20.5 Å². The van der Waals surface area contributed by atoms with E-state index in [1.54, 1.807) is 12.1 Å². The maximum Gasteiger partial charge on any atom is 0.416 e. The maximum absolute atomic E-state index is 12.8. The summed E-state index contributed by atoms with van der Waals surface area (Å²) < 4.78 is 43.3. The molecule has 2 spiro atoms. The highest BCUT2D eigenvalue weighted by Crippen LogP contribution is 2.55. The molecule has 1 unspecified atom stereocenters. The minimum absolute atomic E-state index is 0.00830. The molecule has 1 amide bonds. The van der Waals surface area contributed by atoms with Crippen molar-refractivity contribution in [2.45, 2.75) is 50.6 Å². The molecule has 2 saturated heterocycles. The molecule has 2 aliphatic heterocycles. The van der Waals surface area contributed by atoms with E-state index < -0.39 is 11.7 Å². The van der Waals surface area contributed by atoms with Crippen LogP contribution in [0.4, 0.5) is 13.2 Å². The average Bonchev–Trinajstić information content (AvgIpc) is 3.22. The molecule has 2 saturated carbocycles. The lowest BCUT2D eigenvalue weighted by molar-refractivity contribution is -0.155. The molecule has 2 aliphatic carbocycles. The number of halogens is 3. The Hall–Kier alpha value is -2.05. The zero-order valence-electron chi connectivity index (χ0n) is 16.1. The molecule has 1 aromatic rings. The number of benzene rings is 1. The number of carbonyl (C=O) groups excluding carboxylic acids is 2. The predicted octanol–water partition coefficient (Wildman–Crippen LogP) is 4.14. The topological polar surface area (TPSA) is 46.6 Å². The van der Waals surface area contributed by atoms with Gasteiger partial charge in [0.15, 0.2) is 0 Å². The number of amides is 1. The Kier molecular flexibility index (Phi) is 4.07. The third-order valence-corrected chi connectivity index (χ3v) is 7.54. The quantitative estimate of drug-likeness (QED) is 0.692. The second kappa shape index (κ2) is 6.22. The number of hydrogen-bond donors (Lipinski definition) is 0. The van der Waals surface area contributed by atoms with Crippen LogP contribution in [0.15, 0.2) is 24.3 Å². The van der Waals surface area contributed by atoms with E-state index in [4.69, 9.17) is 4.74 Å². The molecular formula is C22H24F3NO3. The maximum atomic E-state index is 12.8. The summed E-state index contributed by atoms with van der Waals surface area (Å²) in [5.41, 5.74) is 0.381. The molecule has 0 aromatic heterocycles. The number of hydrogen-bond acceptors (Lipinski definition) is 3. The number of carbonyl (C=O) groups is 2. The van der Waals surface area contributed by atoms with Crippen molar-refractivity contribution in [3.8, 4) is 0 Å². The van der Waals surface area contributed by atoms with Crippen LogP contribution < -0.4 is 0 Å². The Bertz CT molecular complexity index is 836. The molecule has 4 aliphatic rings. The van der Waals surface area contributed by atoms with Crippen molar-refractivity contribution < 1.29 is 27.5 Å². The summed E-state index contributed by atoms with van der Waals surface area (Å²) in [7, 11) is 0. The number of rotatable bonds is 2. The Balaban J connectivity index is 1.14.